The minimum atomic E-state index is -0.632. The van der Waals surface area contributed by atoms with Gasteiger partial charge in [0.15, 0.2) is 0 Å². The van der Waals surface area contributed by atoms with Gasteiger partial charge in [-0.2, -0.15) is 0 Å². The van der Waals surface area contributed by atoms with Gasteiger partial charge in [0.1, 0.15) is 5.54 Å². The number of amides is 2. The van der Waals surface area contributed by atoms with E-state index in [0.717, 1.165) is 36.8 Å². The normalized spacial score (nSPS) is 21.4. The molecule has 1 aromatic rings. The Morgan fingerprint density at radius 1 is 1.30 bits per heavy atom. The van der Waals surface area contributed by atoms with Crippen molar-refractivity contribution in [3.63, 3.8) is 0 Å². The fourth-order valence-corrected chi connectivity index (χ4v) is 3.28. The van der Waals surface area contributed by atoms with Gasteiger partial charge in [0, 0.05) is 18.9 Å². The Morgan fingerprint density at radius 2 is 2.05 bits per heavy atom. The van der Waals surface area contributed by atoms with Gasteiger partial charge < -0.3 is 10.2 Å². The molecule has 0 radical (unpaired) electrons. The van der Waals surface area contributed by atoms with Crippen molar-refractivity contribution in [1.82, 2.24) is 15.2 Å². The van der Waals surface area contributed by atoms with Crippen LogP contribution in [0.5, 0.6) is 0 Å². The lowest BCUT2D eigenvalue weighted by Gasteiger charge is -2.39. The van der Waals surface area contributed by atoms with Crippen LogP contribution in [0.3, 0.4) is 0 Å². The molecule has 5 nitrogen and oxygen atoms in total. The summed E-state index contributed by atoms with van der Waals surface area (Å²) in [6.45, 7) is 2.58. The monoisotopic (exact) mass is 273 g/mol. The number of aromatic nitrogens is 1. The summed E-state index contributed by atoms with van der Waals surface area (Å²) in [5.41, 5.74) is 1.40. The standard InChI is InChI=1S/C15H19N3O2/c1-11-6-12(8-16-7-11)9-18-10-13(19)17-15(14(18)20)4-2-3-5-15/h6-8H,2-5,9-10H2,1H3,(H,17,19). The molecule has 1 saturated carbocycles. The van der Waals surface area contributed by atoms with E-state index in [2.05, 4.69) is 10.3 Å². The molecule has 2 aliphatic rings. The zero-order valence-corrected chi connectivity index (χ0v) is 11.7. The molecule has 1 N–H and O–H groups in total. The third kappa shape index (κ3) is 2.28. The largest absolute Gasteiger partial charge is 0.340 e. The van der Waals surface area contributed by atoms with E-state index in [9.17, 15) is 9.59 Å². The zero-order chi connectivity index (χ0) is 14.2. The van der Waals surface area contributed by atoms with Crippen LogP contribution in [0.1, 0.15) is 36.8 Å². The van der Waals surface area contributed by atoms with E-state index < -0.39 is 5.54 Å². The van der Waals surface area contributed by atoms with Crippen molar-refractivity contribution in [2.75, 3.05) is 6.54 Å². The van der Waals surface area contributed by atoms with Crippen LogP contribution in [0, 0.1) is 6.92 Å². The average molecular weight is 273 g/mol. The number of hydrogen-bond donors (Lipinski definition) is 1. The van der Waals surface area contributed by atoms with Crippen LogP contribution >= 0.6 is 0 Å². The average Bonchev–Trinajstić information content (AvgIpc) is 2.85. The summed E-state index contributed by atoms with van der Waals surface area (Å²) >= 11 is 0. The minimum absolute atomic E-state index is 0.0490. The van der Waals surface area contributed by atoms with E-state index in [1.165, 1.54) is 0 Å². The molecule has 5 heteroatoms. The first-order valence-electron chi connectivity index (χ1n) is 7.10. The SMILES string of the molecule is Cc1cncc(CN2CC(=O)NC3(CCCC3)C2=O)c1. The van der Waals surface area contributed by atoms with Crippen LogP contribution in [0.2, 0.25) is 0 Å². The number of pyridine rings is 1. The third-order valence-electron chi connectivity index (χ3n) is 4.17. The minimum Gasteiger partial charge on any atom is -0.340 e. The second-order valence-electron chi connectivity index (χ2n) is 5.87. The lowest BCUT2D eigenvalue weighted by Crippen LogP contribution is -2.65. The van der Waals surface area contributed by atoms with Crippen LogP contribution in [0.15, 0.2) is 18.5 Å². The van der Waals surface area contributed by atoms with E-state index in [4.69, 9.17) is 0 Å². The van der Waals surface area contributed by atoms with Gasteiger partial charge in [0.2, 0.25) is 11.8 Å². The van der Waals surface area contributed by atoms with Crippen LogP contribution < -0.4 is 5.32 Å². The molecule has 106 valence electrons. The highest BCUT2D eigenvalue weighted by molar-refractivity contribution is 5.98. The molecule has 3 rings (SSSR count). The van der Waals surface area contributed by atoms with Crippen molar-refractivity contribution in [2.24, 2.45) is 0 Å². The highest BCUT2D eigenvalue weighted by atomic mass is 16.2. The maximum Gasteiger partial charge on any atom is 0.249 e. The Labute approximate surface area is 118 Å². The Hall–Kier alpha value is -1.91. The Bertz CT molecular complexity index is 550. The van der Waals surface area contributed by atoms with Crippen molar-refractivity contribution < 1.29 is 9.59 Å². The number of carbonyl (C=O) groups is 2. The van der Waals surface area contributed by atoms with Gasteiger partial charge in [-0.25, -0.2) is 0 Å². The van der Waals surface area contributed by atoms with Gasteiger partial charge >= 0.3 is 0 Å². The van der Waals surface area contributed by atoms with Gasteiger partial charge in [0.25, 0.3) is 0 Å². The van der Waals surface area contributed by atoms with Crippen LogP contribution in [0.25, 0.3) is 0 Å². The molecule has 2 heterocycles. The van der Waals surface area contributed by atoms with Gasteiger partial charge in [-0.3, -0.25) is 14.6 Å². The van der Waals surface area contributed by atoms with Crippen LogP contribution in [0.4, 0.5) is 0 Å². The molecule has 1 aliphatic heterocycles. The maximum atomic E-state index is 12.7. The summed E-state index contributed by atoms with van der Waals surface area (Å²) in [5, 5.41) is 2.92. The first-order chi connectivity index (χ1) is 9.59. The lowest BCUT2D eigenvalue weighted by atomic mass is 9.93. The maximum absolute atomic E-state index is 12.7. The molecular formula is C15H19N3O2. The van der Waals surface area contributed by atoms with E-state index in [-0.39, 0.29) is 18.4 Å². The molecule has 2 amide bonds. The predicted octanol–water partition coefficient (Wildman–Crippen LogP) is 1.16. The molecule has 0 bridgehead atoms. The molecule has 1 aromatic heterocycles. The van der Waals surface area contributed by atoms with E-state index in [1.807, 2.05) is 13.0 Å². The number of nitrogens with one attached hydrogen (secondary N) is 1. The highest BCUT2D eigenvalue weighted by Crippen LogP contribution is 2.33. The van der Waals surface area contributed by atoms with Crippen molar-refractivity contribution in [3.8, 4) is 0 Å². The van der Waals surface area contributed by atoms with E-state index in [0.29, 0.717) is 6.54 Å². The van der Waals surface area contributed by atoms with Crippen molar-refractivity contribution >= 4 is 11.8 Å². The van der Waals surface area contributed by atoms with Crippen molar-refractivity contribution in [2.45, 2.75) is 44.7 Å². The number of piperazine rings is 1. The third-order valence-corrected chi connectivity index (χ3v) is 4.17. The molecule has 0 unspecified atom stereocenters. The molecular weight excluding hydrogens is 254 g/mol. The molecule has 20 heavy (non-hydrogen) atoms. The molecule has 0 aromatic carbocycles. The predicted molar refractivity (Wildman–Crippen MR) is 73.7 cm³/mol. The number of hydrogen-bond acceptors (Lipinski definition) is 3. The number of nitrogens with zero attached hydrogens (tertiary/aromatic N) is 2. The topological polar surface area (TPSA) is 62.3 Å². The quantitative estimate of drug-likeness (QED) is 0.879. The van der Waals surface area contributed by atoms with Gasteiger partial charge in [-0.15, -0.1) is 0 Å². The molecule has 0 atom stereocenters. The zero-order valence-electron chi connectivity index (χ0n) is 11.7. The fraction of sp³-hybridized carbons (Fsp3) is 0.533. The Morgan fingerprint density at radius 3 is 2.75 bits per heavy atom. The highest BCUT2D eigenvalue weighted by Gasteiger charge is 2.48. The number of aryl methyl sites for hydroxylation is 1. The second kappa shape index (κ2) is 4.89. The number of carbonyl (C=O) groups excluding carboxylic acids is 2. The summed E-state index contributed by atoms with van der Waals surface area (Å²) in [5.74, 6) is 0.0169. The number of rotatable bonds is 2. The van der Waals surface area contributed by atoms with Gasteiger partial charge in [-0.1, -0.05) is 18.9 Å². The van der Waals surface area contributed by atoms with E-state index >= 15 is 0 Å². The van der Waals surface area contributed by atoms with Crippen molar-refractivity contribution in [1.29, 1.82) is 0 Å². The Kier molecular flexibility index (Phi) is 3.20. The van der Waals surface area contributed by atoms with Crippen LogP contribution in [-0.4, -0.2) is 33.8 Å². The fourth-order valence-electron chi connectivity index (χ4n) is 3.28. The van der Waals surface area contributed by atoms with Gasteiger partial charge in [-0.05, 0) is 30.9 Å². The summed E-state index contributed by atoms with van der Waals surface area (Å²) in [6, 6.07) is 2.01. The van der Waals surface area contributed by atoms with Gasteiger partial charge in [0.05, 0.1) is 6.54 Å². The summed E-state index contributed by atoms with van der Waals surface area (Å²) in [7, 11) is 0. The molecule has 1 aliphatic carbocycles. The summed E-state index contributed by atoms with van der Waals surface area (Å²) < 4.78 is 0. The Balaban J connectivity index is 1.81. The van der Waals surface area contributed by atoms with Crippen LogP contribution in [-0.2, 0) is 16.1 Å². The summed E-state index contributed by atoms with van der Waals surface area (Å²) in [6.07, 6.45) is 7.08. The summed E-state index contributed by atoms with van der Waals surface area (Å²) in [4.78, 5) is 30.4. The molecule has 1 spiro atoms. The molecule has 1 saturated heterocycles. The molecule has 2 fully saturated rings. The van der Waals surface area contributed by atoms with E-state index in [1.54, 1.807) is 17.3 Å². The lowest BCUT2D eigenvalue weighted by molar-refractivity contribution is -0.150. The first kappa shape index (κ1) is 13.1. The van der Waals surface area contributed by atoms with Crippen molar-refractivity contribution in [3.05, 3.63) is 29.6 Å². The first-order valence-corrected chi connectivity index (χ1v) is 7.10. The second-order valence-corrected chi connectivity index (χ2v) is 5.87. The smallest absolute Gasteiger partial charge is 0.249 e.